The number of benzene rings is 1. The molecule has 0 radical (unpaired) electrons. The molecule has 5 nitrogen and oxygen atoms in total. The third-order valence-corrected chi connectivity index (χ3v) is 6.68. The Labute approximate surface area is 138 Å². The SMILES string of the molecule is CC(C)N(C(C)C)S(=O)(=O)c1ccc2c(c1)[C@@H]1O[C@@H]1C(C)(C)O2. The van der Waals surface area contributed by atoms with Crippen molar-refractivity contribution in [2.45, 2.75) is 76.3 Å². The molecule has 2 aliphatic rings. The monoisotopic (exact) mass is 339 g/mol. The van der Waals surface area contributed by atoms with Crippen LogP contribution in [0.4, 0.5) is 0 Å². The Kier molecular flexibility index (Phi) is 3.78. The van der Waals surface area contributed by atoms with Crippen LogP contribution in [0.1, 0.15) is 53.2 Å². The van der Waals surface area contributed by atoms with E-state index in [0.29, 0.717) is 10.6 Å². The van der Waals surface area contributed by atoms with E-state index in [2.05, 4.69) is 0 Å². The van der Waals surface area contributed by atoms with Gasteiger partial charge in [-0.15, -0.1) is 0 Å². The molecular weight excluding hydrogens is 314 g/mol. The summed E-state index contributed by atoms with van der Waals surface area (Å²) in [7, 11) is -3.54. The van der Waals surface area contributed by atoms with Crippen molar-refractivity contribution in [3.05, 3.63) is 23.8 Å². The summed E-state index contributed by atoms with van der Waals surface area (Å²) in [5.74, 6) is 0.716. The van der Waals surface area contributed by atoms with Crippen molar-refractivity contribution in [1.29, 1.82) is 0 Å². The van der Waals surface area contributed by atoms with Crippen LogP contribution in [0.15, 0.2) is 23.1 Å². The standard InChI is InChI=1S/C17H25NO4S/c1-10(2)18(11(3)4)23(19,20)12-7-8-14-13(9-12)15-16(21-15)17(5,6)22-14/h7-11,15-16H,1-6H3/t15-,16-/m0/s1. The Morgan fingerprint density at radius 3 is 2.30 bits per heavy atom. The van der Waals surface area contributed by atoms with E-state index in [0.717, 1.165) is 5.56 Å². The largest absolute Gasteiger partial charge is 0.485 e. The summed E-state index contributed by atoms with van der Waals surface area (Å²) in [6.07, 6.45) is -0.0605. The third-order valence-electron chi connectivity index (χ3n) is 4.43. The Bertz CT molecular complexity index is 716. The minimum atomic E-state index is -3.54. The molecule has 3 rings (SSSR count). The van der Waals surface area contributed by atoms with E-state index in [4.69, 9.17) is 9.47 Å². The van der Waals surface area contributed by atoms with Crippen LogP contribution in [0.25, 0.3) is 0 Å². The number of rotatable bonds is 4. The highest BCUT2D eigenvalue weighted by atomic mass is 32.2. The summed E-state index contributed by atoms with van der Waals surface area (Å²) in [5.41, 5.74) is 0.461. The molecule has 1 saturated heterocycles. The first-order valence-electron chi connectivity index (χ1n) is 8.07. The smallest absolute Gasteiger partial charge is 0.243 e. The maximum absolute atomic E-state index is 13.0. The summed E-state index contributed by atoms with van der Waals surface area (Å²) in [6, 6.07) is 4.89. The summed E-state index contributed by atoms with van der Waals surface area (Å²) in [6.45, 7) is 11.5. The van der Waals surface area contributed by atoms with Gasteiger partial charge in [-0.05, 0) is 59.7 Å². The number of nitrogens with zero attached hydrogens (tertiary/aromatic N) is 1. The van der Waals surface area contributed by atoms with Gasteiger partial charge in [-0.3, -0.25) is 0 Å². The maximum atomic E-state index is 13.0. The molecule has 23 heavy (non-hydrogen) atoms. The highest BCUT2D eigenvalue weighted by Gasteiger charge is 2.56. The number of epoxide rings is 1. The molecule has 0 bridgehead atoms. The summed E-state index contributed by atoms with van der Waals surface area (Å²) in [4.78, 5) is 0.302. The minimum Gasteiger partial charge on any atom is -0.485 e. The zero-order valence-electron chi connectivity index (χ0n) is 14.5. The van der Waals surface area contributed by atoms with Crippen molar-refractivity contribution in [3.8, 4) is 5.75 Å². The van der Waals surface area contributed by atoms with Crippen LogP contribution in [-0.4, -0.2) is 36.5 Å². The molecule has 1 aromatic rings. The van der Waals surface area contributed by atoms with Crippen molar-refractivity contribution in [3.63, 3.8) is 0 Å². The van der Waals surface area contributed by atoms with Gasteiger partial charge in [0.1, 0.15) is 23.6 Å². The Hall–Kier alpha value is -1.11. The summed E-state index contributed by atoms with van der Waals surface area (Å²) in [5, 5.41) is 0. The van der Waals surface area contributed by atoms with Crippen LogP contribution in [0.3, 0.4) is 0 Å². The van der Waals surface area contributed by atoms with Crippen molar-refractivity contribution >= 4 is 10.0 Å². The number of hydrogen-bond acceptors (Lipinski definition) is 4. The minimum absolute atomic E-state index is 0.000690. The van der Waals surface area contributed by atoms with Crippen LogP contribution in [-0.2, 0) is 14.8 Å². The van der Waals surface area contributed by atoms with Gasteiger partial charge in [-0.1, -0.05) is 0 Å². The van der Waals surface area contributed by atoms with Crippen molar-refractivity contribution in [2.75, 3.05) is 0 Å². The van der Waals surface area contributed by atoms with Crippen LogP contribution in [0, 0.1) is 0 Å². The van der Waals surface area contributed by atoms with Crippen LogP contribution >= 0.6 is 0 Å². The second-order valence-corrected chi connectivity index (χ2v) is 9.25. The van der Waals surface area contributed by atoms with E-state index >= 15 is 0 Å². The lowest BCUT2D eigenvalue weighted by Crippen LogP contribution is -2.42. The van der Waals surface area contributed by atoms with Gasteiger partial charge in [-0.25, -0.2) is 8.42 Å². The van der Waals surface area contributed by atoms with E-state index in [1.54, 1.807) is 18.2 Å². The van der Waals surface area contributed by atoms with Crippen LogP contribution in [0.2, 0.25) is 0 Å². The molecule has 6 heteroatoms. The molecule has 2 aliphatic heterocycles. The number of ether oxygens (including phenoxy) is 2. The average molecular weight is 339 g/mol. The molecule has 0 unspecified atom stereocenters. The van der Waals surface area contributed by atoms with Gasteiger partial charge in [0.25, 0.3) is 0 Å². The van der Waals surface area contributed by atoms with Gasteiger partial charge < -0.3 is 9.47 Å². The third kappa shape index (κ3) is 2.66. The molecule has 0 aromatic heterocycles. The highest BCUT2D eigenvalue weighted by molar-refractivity contribution is 7.89. The van der Waals surface area contributed by atoms with Crippen molar-refractivity contribution in [2.24, 2.45) is 0 Å². The first kappa shape index (κ1) is 16.7. The predicted octanol–water partition coefficient (Wildman–Crippen LogP) is 3.11. The number of hydrogen-bond donors (Lipinski definition) is 0. The molecule has 0 spiro atoms. The predicted molar refractivity (Wildman–Crippen MR) is 88.1 cm³/mol. The zero-order chi connectivity index (χ0) is 17.2. The topological polar surface area (TPSA) is 59.1 Å². The quantitative estimate of drug-likeness (QED) is 0.791. The van der Waals surface area contributed by atoms with E-state index in [-0.39, 0.29) is 29.9 Å². The molecule has 0 N–H and O–H groups in total. The summed E-state index contributed by atoms with van der Waals surface area (Å²) < 4.78 is 39.2. The summed E-state index contributed by atoms with van der Waals surface area (Å²) >= 11 is 0. The molecule has 1 aromatic carbocycles. The molecule has 1 fully saturated rings. The van der Waals surface area contributed by atoms with Gasteiger partial charge in [0.15, 0.2) is 0 Å². The lowest BCUT2D eigenvalue weighted by molar-refractivity contribution is 0.0724. The molecular formula is C17H25NO4S. The Morgan fingerprint density at radius 2 is 1.74 bits per heavy atom. The average Bonchev–Trinajstić information content (AvgIpc) is 3.17. The van der Waals surface area contributed by atoms with Crippen LogP contribution in [0.5, 0.6) is 5.75 Å². The van der Waals surface area contributed by atoms with E-state index in [1.165, 1.54) is 4.31 Å². The zero-order valence-corrected chi connectivity index (χ0v) is 15.3. The Balaban J connectivity index is 2.02. The fourth-order valence-electron chi connectivity index (χ4n) is 3.49. The Morgan fingerprint density at radius 1 is 1.13 bits per heavy atom. The number of fused-ring (bicyclic) bond motifs is 3. The van der Waals surface area contributed by atoms with Gasteiger partial charge in [-0.2, -0.15) is 4.31 Å². The second kappa shape index (κ2) is 5.19. The van der Waals surface area contributed by atoms with Gasteiger partial charge in [0.05, 0.1) is 4.90 Å². The number of sulfonamides is 1. The van der Waals surface area contributed by atoms with Gasteiger partial charge in [0, 0.05) is 17.6 Å². The molecule has 2 heterocycles. The van der Waals surface area contributed by atoms with Crippen LogP contribution < -0.4 is 4.74 Å². The maximum Gasteiger partial charge on any atom is 0.243 e. The normalized spacial score (nSPS) is 25.3. The first-order chi connectivity index (χ1) is 10.6. The second-order valence-electron chi connectivity index (χ2n) is 7.40. The van der Waals surface area contributed by atoms with Crippen molar-refractivity contribution in [1.82, 2.24) is 4.31 Å². The lowest BCUT2D eigenvalue weighted by atomic mass is 9.94. The van der Waals surface area contributed by atoms with E-state index < -0.39 is 10.0 Å². The van der Waals surface area contributed by atoms with Gasteiger partial charge in [0.2, 0.25) is 10.0 Å². The van der Waals surface area contributed by atoms with Gasteiger partial charge >= 0.3 is 0 Å². The molecule has 128 valence electrons. The van der Waals surface area contributed by atoms with E-state index in [1.807, 2.05) is 41.5 Å². The van der Waals surface area contributed by atoms with Crippen molar-refractivity contribution < 1.29 is 17.9 Å². The fraction of sp³-hybridized carbons (Fsp3) is 0.647. The highest BCUT2D eigenvalue weighted by Crippen LogP contribution is 2.54. The molecule has 0 saturated carbocycles. The molecule has 0 amide bonds. The fourth-order valence-corrected chi connectivity index (χ4v) is 5.36. The lowest BCUT2D eigenvalue weighted by Gasteiger charge is -2.31. The molecule has 2 atom stereocenters. The molecule has 0 aliphatic carbocycles. The van der Waals surface area contributed by atoms with E-state index in [9.17, 15) is 8.42 Å². The first-order valence-corrected chi connectivity index (χ1v) is 9.51.